The molecule has 1 atom stereocenters. The summed E-state index contributed by atoms with van der Waals surface area (Å²) >= 11 is 6.22. The zero-order chi connectivity index (χ0) is 10.4. The minimum absolute atomic E-state index is 0.292. The Labute approximate surface area is 94.6 Å². The second kappa shape index (κ2) is 3.39. The number of ether oxygens (including phenoxy) is 1. The fourth-order valence-corrected chi connectivity index (χ4v) is 2.40. The molecule has 1 unspecified atom stereocenters. The largest absolute Gasteiger partial charge is 0.491 e. The first kappa shape index (κ1) is 9.49. The summed E-state index contributed by atoms with van der Waals surface area (Å²) in [5.41, 5.74) is 2.33. The maximum absolute atomic E-state index is 6.22. The number of hydrogen-bond acceptors (Lipinski definition) is 2. The van der Waals surface area contributed by atoms with Crippen LogP contribution in [0.5, 0.6) is 5.75 Å². The van der Waals surface area contributed by atoms with Crippen LogP contribution in [0.1, 0.15) is 30.0 Å². The summed E-state index contributed by atoms with van der Waals surface area (Å²) in [5, 5.41) is 4.39. The van der Waals surface area contributed by atoms with Crippen molar-refractivity contribution < 1.29 is 4.74 Å². The van der Waals surface area contributed by atoms with E-state index in [1.165, 1.54) is 18.4 Å². The summed E-state index contributed by atoms with van der Waals surface area (Å²) in [6, 6.07) is 4.95. The van der Waals surface area contributed by atoms with E-state index in [2.05, 4.69) is 12.2 Å². The van der Waals surface area contributed by atoms with Crippen molar-refractivity contribution in [2.24, 2.45) is 0 Å². The molecule has 0 spiro atoms. The van der Waals surface area contributed by atoms with Crippen molar-refractivity contribution in [2.45, 2.75) is 31.8 Å². The Bertz CT molecular complexity index is 401. The summed E-state index contributed by atoms with van der Waals surface area (Å²) in [7, 11) is 0. The Morgan fingerprint density at radius 1 is 1.40 bits per heavy atom. The summed E-state index contributed by atoms with van der Waals surface area (Å²) < 4.78 is 5.70. The van der Waals surface area contributed by atoms with Gasteiger partial charge in [-0.15, -0.1) is 0 Å². The molecule has 15 heavy (non-hydrogen) atoms. The van der Waals surface area contributed by atoms with E-state index < -0.39 is 0 Å². The van der Waals surface area contributed by atoms with E-state index >= 15 is 0 Å². The van der Waals surface area contributed by atoms with Crippen molar-refractivity contribution in [1.82, 2.24) is 5.32 Å². The van der Waals surface area contributed by atoms with E-state index in [4.69, 9.17) is 16.3 Å². The molecule has 80 valence electrons. The van der Waals surface area contributed by atoms with Gasteiger partial charge in [0.1, 0.15) is 12.4 Å². The van der Waals surface area contributed by atoms with Crippen molar-refractivity contribution in [3.63, 3.8) is 0 Å². The van der Waals surface area contributed by atoms with Crippen LogP contribution in [0.25, 0.3) is 0 Å². The molecule has 1 aliphatic carbocycles. The van der Waals surface area contributed by atoms with Crippen molar-refractivity contribution in [3.05, 3.63) is 28.3 Å². The number of nitrogens with one attached hydrogen (secondary N) is 1. The van der Waals surface area contributed by atoms with Gasteiger partial charge in [0.05, 0.1) is 6.04 Å². The molecule has 2 aliphatic rings. The standard InChI is InChI=1S/C12H14ClNO/c1-7-2-5-9(13)11-10(6-15-12(7)11)14-8-3-4-8/h2,5,8,10,14H,3-4,6H2,1H3. The van der Waals surface area contributed by atoms with Gasteiger partial charge >= 0.3 is 0 Å². The highest BCUT2D eigenvalue weighted by Gasteiger charge is 2.32. The van der Waals surface area contributed by atoms with Gasteiger partial charge in [-0.25, -0.2) is 0 Å². The van der Waals surface area contributed by atoms with Gasteiger partial charge in [-0.3, -0.25) is 0 Å². The van der Waals surface area contributed by atoms with Gasteiger partial charge in [0.25, 0.3) is 0 Å². The maximum Gasteiger partial charge on any atom is 0.128 e. The lowest BCUT2D eigenvalue weighted by Crippen LogP contribution is -2.24. The lowest BCUT2D eigenvalue weighted by atomic mass is 10.1. The fourth-order valence-electron chi connectivity index (χ4n) is 2.12. The molecule has 3 heteroatoms. The van der Waals surface area contributed by atoms with Crippen LogP contribution in [0.4, 0.5) is 0 Å². The Kier molecular flexibility index (Phi) is 2.15. The van der Waals surface area contributed by atoms with Crippen LogP contribution < -0.4 is 10.1 Å². The molecule has 2 nitrogen and oxygen atoms in total. The number of aryl methyl sites for hydroxylation is 1. The third-order valence-corrected chi connectivity index (χ3v) is 3.43. The molecule has 1 saturated carbocycles. The van der Waals surface area contributed by atoms with Crippen LogP contribution in [0.15, 0.2) is 12.1 Å². The van der Waals surface area contributed by atoms with Crippen molar-refractivity contribution >= 4 is 11.6 Å². The predicted octanol–water partition coefficient (Wildman–Crippen LogP) is 2.83. The number of hydrogen-bond donors (Lipinski definition) is 1. The number of rotatable bonds is 2. The summed E-state index contributed by atoms with van der Waals surface area (Å²) in [5.74, 6) is 0.987. The zero-order valence-electron chi connectivity index (χ0n) is 8.72. The minimum Gasteiger partial charge on any atom is -0.491 e. The number of fused-ring (bicyclic) bond motifs is 1. The topological polar surface area (TPSA) is 21.3 Å². The Morgan fingerprint density at radius 2 is 2.20 bits per heavy atom. The third kappa shape index (κ3) is 1.62. The molecule has 0 amide bonds. The van der Waals surface area contributed by atoms with E-state index in [1.807, 2.05) is 12.1 Å². The van der Waals surface area contributed by atoms with Crippen molar-refractivity contribution in [3.8, 4) is 5.75 Å². The van der Waals surface area contributed by atoms with E-state index in [0.717, 1.165) is 22.9 Å². The van der Waals surface area contributed by atoms with Gasteiger partial charge in [0.2, 0.25) is 0 Å². The molecule has 0 bridgehead atoms. The average Bonchev–Trinajstić information content (AvgIpc) is 2.91. The summed E-state index contributed by atoms with van der Waals surface area (Å²) in [6.45, 7) is 2.78. The zero-order valence-corrected chi connectivity index (χ0v) is 9.47. The molecule has 0 saturated heterocycles. The van der Waals surface area contributed by atoms with Crippen molar-refractivity contribution in [2.75, 3.05) is 6.61 Å². The van der Waals surface area contributed by atoms with Gasteiger partial charge in [0.15, 0.2) is 0 Å². The molecule has 3 rings (SSSR count). The SMILES string of the molecule is Cc1ccc(Cl)c2c1OCC2NC1CC1. The lowest BCUT2D eigenvalue weighted by molar-refractivity contribution is 0.309. The van der Waals surface area contributed by atoms with Gasteiger partial charge in [-0.05, 0) is 31.4 Å². The molecular weight excluding hydrogens is 210 g/mol. The lowest BCUT2D eigenvalue weighted by Gasteiger charge is -2.11. The second-order valence-electron chi connectivity index (χ2n) is 4.41. The number of halogens is 1. The molecule has 1 aromatic rings. The maximum atomic E-state index is 6.22. The van der Waals surface area contributed by atoms with E-state index in [1.54, 1.807) is 0 Å². The van der Waals surface area contributed by atoms with Gasteiger partial charge in [0, 0.05) is 16.6 Å². The number of benzene rings is 1. The smallest absolute Gasteiger partial charge is 0.128 e. The highest BCUT2D eigenvalue weighted by Crippen LogP contribution is 2.41. The highest BCUT2D eigenvalue weighted by atomic mass is 35.5. The Hall–Kier alpha value is -0.730. The normalized spacial score (nSPS) is 23.7. The highest BCUT2D eigenvalue weighted by molar-refractivity contribution is 6.31. The minimum atomic E-state index is 0.292. The average molecular weight is 224 g/mol. The molecular formula is C12H14ClNO. The monoisotopic (exact) mass is 223 g/mol. The van der Waals surface area contributed by atoms with Crippen molar-refractivity contribution in [1.29, 1.82) is 0 Å². The summed E-state index contributed by atoms with van der Waals surface area (Å²) in [6.07, 6.45) is 2.57. The molecule has 1 heterocycles. The van der Waals surface area contributed by atoms with Crippen LogP contribution in [0.3, 0.4) is 0 Å². The molecule has 1 N–H and O–H groups in total. The van der Waals surface area contributed by atoms with Crippen LogP contribution in [-0.2, 0) is 0 Å². The Morgan fingerprint density at radius 3 is 2.93 bits per heavy atom. The first-order valence-corrected chi connectivity index (χ1v) is 5.81. The first-order valence-electron chi connectivity index (χ1n) is 5.43. The molecule has 1 aromatic carbocycles. The van der Waals surface area contributed by atoms with Gasteiger partial charge in [-0.1, -0.05) is 17.7 Å². The quantitative estimate of drug-likeness (QED) is 0.833. The van der Waals surface area contributed by atoms with Crippen LogP contribution in [-0.4, -0.2) is 12.6 Å². The molecule has 1 fully saturated rings. The first-order chi connectivity index (χ1) is 7.25. The van der Waals surface area contributed by atoms with Crippen LogP contribution in [0.2, 0.25) is 5.02 Å². The predicted molar refractivity (Wildman–Crippen MR) is 60.6 cm³/mol. The molecule has 0 aromatic heterocycles. The van der Waals surface area contributed by atoms with Crippen LogP contribution >= 0.6 is 11.6 Å². The van der Waals surface area contributed by atoms with Crippen LogP contribution in [0, 0.1) is 6.92 Å². The Balaban J connectivity index is 1.96. The fraction of sp³-hybridized carbons (Fsp3) is 0.500. The van der Waals surface area contributed by atoms with E-state index in [9.17, 15) is 0 Å². The van der Waals surface area contributed by atoms with Gasteiger partial charge < -0.3 is 10.1 Å². The van der Waals surface area contributed by atoms with E-state index in [0.29, 0.717) is 12.1 Å². The molecule has 1 aliphatic heterocycles. The van der Waals surface area contributed by atoms with Gasteiger partial charge in [-0.2, -0.15) is 0 Å². The summed E-state index contributed by atoms with van der Waals surface area (Å²) in [4.78, 5) is 0. The molecule has 0 radical (unpaired) electrons. The second-order valence-corrected chi connectivity index (χ2v) is 4.82. The van der Waals surface area contributed by atoms with E-state index in [-0.39, 0.29) is 0 Å². The third-order valence-electron chi connectivity index (χ3n) is 3.10.